The van der Waals surface area contributed by atoms with Crippen molar-refractivity contribution < 1.29 is 9.59 Å². The molecule has 4 rings (SSSR count). The molecule has 2 amide bonds. The molecular formula is C23H38IN5O2. The number of nitrogens with zero attached hydrogens (tertiary/aromatic N) is 3. The second kappa shape index (κ2) is 10.2. The van der Waals surface area contributed by atoms with Crippen molar-refractivity contribution in [3.8, 4) is 0 Å². The first-order chi connectivity index (χ1) is 14.4. The quantitative estimate of drug-likeness (QED) is 0.169. The number of likely N-dealkylation sites (tertiary alicyclic amines) is 2. The Labute approximate surface area is 203 Å². The van der Waals surface area contributed by atoms with Crippen molar-refractivity contribution in [2.45, 2.75) is 52.0 Å². The summed E-state index contributed by atoms with van der Waals surface area (Å²) in [6, 6.07) is 0. The molecule has 3 fully saturated rings. The van der Waals surface area contributed by atoms with E-state index in [2.05, 4.69) is 41.5 Å². The number of amides is 2. The van der Waals surface area contributed by atoms with Crippen LogP contribution in [-0.2, 0) is 9.59 Å². The van der Waals surface area contributed by atoms with Gasteiger partial charge in [0.25, 0.3) is 0 Å². The highest BCUT2D eigenvalue weighted by Gasteiger charge is 2.58. The number of nitrogens with one attached hydrogen (secondary N) is 2. The molecule has 0 spiro atoms. The second-order valence-electron chi connectivity index (χ2n) is 9.81. The van der Waals surface area contributed by atoms with E-state index >= 15 is 0 Å². The Morgan fingerprint density at radius 2 is 1.68 bits per heavy atom. The van der Waals surface area contributed by atoms with Crippen molar-refractivity contribution >= 4 is 41.8 Å². The molecule has 174 valence electrons. The Balaban J connectivity index is 0.00000272. The van der Waals surface area contributed by atoms with E-state index in [1.165, 1.54) is 24.2 Å². The van der Waals surface area contributed by atoms with Gasteiger partial charge in [-0.1, -0.05) is 18.6 Å². The van der Waals surface area contributed by atoms with Gasteiger partial charge in [-0.05, 0) is 65.0 Å². The molecule has 4 atom stereocenters. The van der Waals surface area contributed by atoms with E-state index in [0.717, 1.165) is 32.0 Å². The number of hydrogen-bond donors (Lipinski definition) is 2. The average Bonchev–Trinajstić information content (AvgIpc) is 3.42. The number of halogens is 1. The lowest BCUT2D eigenvalue weighted by Crippen LogP contribution is -2.50. The molecule has 2 aliphatic heterocycles. The van der Waals surface area contributed by atoms with Crippen LogP contribution in [0.1, 0.15) is 46.5 Å². The van der Waals surface area contributed by atoms with E-state index in [1.807, 2.05) is 6.92 Å². The van der Waals surface area contributed by atoms with Crippen molar-refractivity contribution in [1.82, 2.24) is 20.4 Å². The first kappa shape index (κ1) is 24.5. The summed E-state index contributed by atoms with van der Waals surface area (Å²) in [6.45, 7) is 11.3. The maximum Gasteiger partial charge on any atom is 0.233 e. The normalized spacial score (nSPS) is 30.5. The smallest absolute Gasteiger partial charge is 0.233 e. The Morgan fingerprint density at radius 3 is 2.26 bits per heavy atom. The lowest BCUT2D eigenvalue weighted by Gasteiger charge is -2.40. The van der Waals surface area contributed by atoms with Crippen molar-refractivity contribution in [3.63, 3.8) is 0 Å². The van der Waals surface area contributed by atoms with Gasteiger partial charge in [0, 0.05) is 25.2 Å². The Bertz CT molecular complexity index is 701. The number of piperidine rings is 1. The van der Waals surface area contributed by atoms with Crippen LogP contribution < -0.4 is 10.6 Å². The fraction of sp³-hybridized carbons (Fsp3) is 0.783. The van der Waals surface area contributed by atoms with E-state index < -0.39 is 0 Å². The average molecular weight is 543 g/mol. The minimum absolute atomic E-state index is 0. The zero-order chi connectivity index (χ0) is 21.3. The van der Waals surface area contributed by atoms with Crippen molar-refractivity contribution in [2.75, 3.05) is 39.3 Å². The number of aliphatic imine (C=N–C) groups is 1. The Kier molecular flexibility index (Phi) is 8.05. The Morgan fingerprint density at radius 1 is 1.06 bits per heavy atom. The summed E-state index contributed by atoms with van der Waals surface area (Å²) < 4.78 is 0. The van der Waals surface area contributed by atoms with Crippen LogP contribution in [0.3, 0.4) is 0 Å². The summed E-state index contributed by atoms with van der Waals surface area (Å²) in [4.78, 5) is 34.5. The highest BCUT2D eigenvalue weighted by Crippen LogP contribution is 2.52. The molecule has 2 heterocycles. The maximum atomic E-state index is 12.8. The lowest BCUT2D eigenvalue weighted by atomic mass is 9.85. The van der Waals surface area contributed by atoms with Crippen LogP contribution in [0.25, 0.3) is 0 Å². The van der Waals surface area contributed by atoms with Gasteiger partial charge < -0.3 is 10.6 Å². The third kappa shape index (κ3) is 4.94. The predicted octanol–water partition coefficient (Wildman–Crippen LogP) is 2.23. The van der Waals surface area contributed by atoms with Crippen LogP contribution in [0.15, 0.2) is 17.1 Å². The number of fused-ring (bicyclic) bond motifs is 5. The van der Waals surface area contributed by atoms with E-state index in [1.54, 1.807) is 0 Å². The van der Waals surface area contributed by atoms with Gasteiger partial charge in [0.1, 0.15) is 0 Å². The van der Waals surface area contributed by atoms with Gasteiger partial charge in [0.2, 0.25) is 11.8 Å². The molecule has 8 heteroatoms. The summed E-state index contributed by atoms with van der Waals surface area (Å²) >= 11 is 0. The largest absolute Gasteiger partial charge is 0.357 e. The summed E-state index contributed by atoms with van der Waals surface area (Å²) in [5, 5.41) is 6.62. The molecule has 2 aliphatic carbocycles. The fourth-order valence-corrected chi connectivity index (χ4v) is 5.68. The molecule has 0 radical (unpaired) electrons. The standard InChI is InChI=1S/C23H37N5O2.HI/c1-4-24-22(26-15-23(2,3)27-11-6-5-7-12-27)25-10-13-28-20(29)18-16-8-9-17(14-16)19(18)21(28)30;/h8-9,16-19H,4-7,10-15H2,1-3H3,(H2,24,25,26);1H. The van der Waals surface area contributed by atoms with Crippen LogP contribution in [0, 0.1) is 23.7 Å². The zero-order valence-electron chi connectivity index (χ0n) is 19.1. The highest BCUT2D eigenvalue weighted by molar-refractivity contribution is 14.0. The third-order valence-corrected chi connectivity index (χ3v) is 7.37. The molecule has 2 bridgehead atoms. The zero-order valence-corrected chi connectivity index (χ0v) is 21.4. The van der Waals surface area contributed by atoms with Gasteiger partial charge in [-0.15, -0.1) is 24.0 Å². The summed E-state index contributed by atoms with van der Waals surface area (Å²) in [7, 11) is 0. The first-order valence-corrected chi connectivity index (χ1v) is 11.7. The van der Waals surface area contributed by atoms with Crippen molar-refractivity contribution in [3.05, 3.63) is 12.2 Å². The molecule has 4 unspecified atom stereocenters. The van der Waals surface area contributed by atoms with Gasteiger partial charge in [0.05, 0.1) is 18.4 Å². The number of imide groups is 1. The van der Waals surface area contributed by atoms with Crippen LogP contribution in [0.2, 0.25) is 0 Å². The van der Waals surface area contributed by atoms with E-state index in [4.69, 9.17) is 4.99 Å². The number of allylic oxidation sites excluding steroid dienone is 2. The number of rotatable bonds is 7. The van der Waals surface area contributed by atoms with Gasteiger partial charge in [-0.3, -0.25) is 24.4 Å². The van der Waals surface area contributed by atoms with E-state index in [0.29, 0.717) is 19.6 Å². The monoisotopic (exact) mass is 543 g/mol. The van der Waals surface area contributed by atoms with Crippen molar-refractivity contribution in [2.24, 2.45) is 28.7 Å². The molecule has 2 N–H and O–H groups in total. The maximum absolute atomic E-state index is 12.8. The van der Waals surface area contributed by atoms with Crippen LogP contribution in [0.5, 0.6) is 0 Å². The summed E-state index contributed by atoms with van der Waals surface area (Å²) in [5.41, 5.74) is 0.0212. The van der Waals surface area contributed by atoms with Gasteiger partial charge in [0.15, 0.2) is 5.96 Å². The molecule has 31 heavy (non-hydrogen) atoms. The molecule has 1 saturated carbocycles. The number of hydrogen-bond acceptors (Lipinski definition) is 4. The number of guanidine groups is 1. The molecule has 0 aromatic carbocycles. The fourth-order valence-electron chi connectivity index (χ4n) is 5.68. The molecule has 4 aliphatic rings. The number of carbonyl (C=O) groups excluding carboxylic acids is 2. The van der Waals surface area contributed by atoms with Crippen LogP contribution >= 0.6 is 24.0 Å². The van der Waals surface area contributed by atoms with E-state index in [9.17, 15) is 9.59 Å². The van der Waals surface area contributed by atoms with Crippen LogP contribution in [0.4, 0.5) is 0 Å². The van der Waals surface area contributed by atoms with Gasteiger partial charge >= 0.3 is 0 Å². The molecule has 0 aromatic rings. The third-order valence-electron chi connectivity index (χ3n) is 7.37. The van der Waals surface area contributed by atoms with Gasteiger partial charge in [-0.2, -0.15) is 0 Å². The molecule has 0 aromatic heterocycles. The summed E-state index contributed by atoms with van der Waals surface area (Å²) in [5.74, 6) is 1.12. The SMILES string of the molecule is CCNC(=NCC(C)(C)N1CCCCC1)NCCN1C(=O)C2C3C=CC(C3)C2C1=O.I. The Hall–Kier alpha value is -1.16. The number of carbonyl (C=O) groups is 2. The first-order valence-electron chi connectivity index (χ1n) is 11.7. The van der Waals surface area contributed by atoms with Gasteiger partial charge in [-0.25, -0.2) is 0 Å². The van der Waals surface area contributed by atoms with Crippen LogP contribution in [-0.4, -0.2) is 72.4 Å². The van der Waals surface area contributed by atoms with E-state index in [-0.39, 0.29) is 65.0 Å². The highest BCUT2D eigenvalue weighted by atomic mass is 127. The van der Waals surface area contributed by atoms with Crippen molar-refractivity contribution in [1.29, 1.82) is 0 Å². The minimum atomic E-state index is -0.111. The molecular weight excluding hydrogens is 505 g/mol. The minimum Gasteiger partial charge on any atom is -0.357 e. The summed E-state index contributed by atoms with van der Waals surface area (Å²) in [6.07, 6.45) is 9.11. The topological polar surface area (TPSA) is 77.0 Å². The second-order valence-corrected chi connectivity index (χ2v) is 9.81. The predicted molar refractivity (Wildman–Crippen MR) is 133 cm³/mol. The lowest BCUT2D eigenvalue weighted by molar-refractivity contribution is -0.140. The molecule has 2 saturated heterocycles. The molecule has 7 nitrogen and oxygen atoms in total.